The number of rotatable bonds is 3. The van der Waals surface area contributed by atoms with Crippen LogP contribution in [0, 0.1) is 0 Å². The Bertz CT molecular complexity index is 310. The number of halogens is 2. The molecule has 0 aliphatic carbocycles. The third-order valence-corrected chi connectivity index (χ3v) is 2.91. The molecule has 4 heteroatoms. The molecule has 1 aromatic rings. The highest BCUT2D eigenvalue weighted by Crippen LogP contribution is 2.21. The largest absolute Gasteiger partial charge is 0.314 e. The summed E-state index contributed by atoms with van der Waals surface area (Å²) in [6, 6.07) is 11.0. The van der Waals surface area contributed by atoms with Crippen LogP contribution in [0.3, 0.4) is 0 Å². The minimum atomic E-state index is 0. The van der Waals surface area contributed by atoms with Crippen LogP contribution in [-0.4, -0.2) is 31.1 Å². The van der Waals surface area contributed by atoms with E-state index in [0.29, 0.717) is 6.04 Å². The van der Waals surface area contributed by atoms with E-state index in [1.165, 1.54) is 5.56 Å². The monoisotopic (exact) mass is 274 g/mol. The zero-order chi connectivity index (χ0) is 10.5. The lowest BCUT2D eigenvalue weighted by molar-refractivity contribution is 0.203. The molecule has 1 aliphatic heterocycles. The Morgan fingerprint density at radius 2 is 1.71 bits per heavy atom. The molecule has 0 amide bonds. The fourth-order valence-electron chi connectivity index (χ4n) is 2.11. The summed E-state index contributed by atoms with van der Waals surface area (Å²) >= 11 is 0. The lowest BCUT2D eigenvalue weighted by Crippen LogP contribution is -2.44. The van der Waals surface area contributed by atoms with Gasteiger partial charge < -0.3 is 5.32 Å². The molecule has 17 heavy (non-hydrogen) atoms. The van der Waals surface area contributed by atoms with Crippen LogP contribution in [-0.2, 0) is 0 Å². The van der Waals surface area contributed by atoms with Gasteiger partial charge in [0, 0.05) is 26.2 Å². The van der Waals surface area contributed by atoms with Crippen LogP contribution in [0.1, 0.15) is 11.6 Å². The van der Waals surface area contributed by atoms with Crippen LogP contribution in [0.15, 0.2) is 43.0 Å². The van der Waals surface area contributed by atoms with Crippen molar-refractivity contribution in [1.29, 1.82) is 0 Å². The number of hydrogen-bond acceptors (Lipinski definition) is 2. The molecule has 96 valence electrons. The smallest absolute Gasteiger partial charge is 0.0529 e. The van der Waals surface area contributed by atoms with Gasteiger partial charge in [0.15, 0.2) is 0 Å². The first-order valence-corrected chi connectivity index (χ1v) is 5.54. The fraction of sp³-hybridized carbons (Fsp3) is 0.385. The minimum Gasteiger partial charge on any atom is -0.314 e. The molecule has 2 rings (SSSR count). The number of hydrogen-bond donors (Lipinski definition) is 1. The Labute approximate surface area is 116 Å². The molecular formula is C13H20Cl2N2. The Morgan fingerprint density at radius 3 is 2.24 bits per heavy atom. The quantitative estimate of drug-likeness (QED) is 0.853. The average molecular weight is 275 g/mol. The molecule has 0 saturated carbocycles. The van der Waals surface area contributed by atoms with Crippen LogP contribution in [0.25, 0.3) is 0 Å². The molecule has 1 heterocycles. The zero-order valence-electron chi connectivity index (χ0n) is 9.84. The van der Waals surface area contributed by atoms with Gasteiger partial charge >= 0.3 is 0 Å². The first kappa shape index (κ1) is 16.5. The highest BCUT2D eigenvalue weighted by atomic mass is 35.5. The van der Waals surface area contributed by atoms with E-state index < -0.39 is 0 Å². The van der Waals surface area contributed by atoms with Gasteiger partial charge in [-0.25, -0.2) is 0 Å². The van der Waals surface area contributed by atoms with Gasteiger partial charge in [0.2, 0.25) is 0 Å². The Balaban J connectivity index is 0.00000128. The predicted octanol–water partition coefficient (Wildman–Crippen LogP) is 2.66. The van der Waals surface area contributed by atoms with Gasteiger partial charge in [0.25, 0.3) is 0 Å². The Hall–Kier alpha value is -0.540. The van der Waals surface area contributed by atoms with E-state index >= 15 is 0 Å². The second-order valence-electron chi connectivity index (χ2n) is 3.88. The van der Waals surface area contributed by atoms with Gasteiger partial charge in [-0.2, -0.15) is 0 Å². The summed E-state index contributed by atoms with van der Waals surface area (Å²) in [6.07, 6.45) is 2.04. The molecule has 0 spiro atoms. The van der Waals surface area contributed by atoms with E-state index in [2.05, 4.69) is 47.1 Å². The summed E-state index contributed by atoms with van der Waals surface area (Å²) in [4.78, 5) is 2.47. The molecule has 1 fully saturated rings. The molecule has 1 aliphatic rings. The van der Waals surface area contributed by atoms with Crippen LogP contribution < -0.4 is 5.32 Å². The van der Waals surface area contributed by atoms with Gasteiger partial charge in [-0.1, -0.05) is 36.4 Å². The zero-order valence-corrected chi connectivity index (χ0v) is 11.5. The molecule has 1 saturated heterocycles. The average Bonchev–Trinajstić information content (AvgIpc) is 2.33. The van der Waals surface area contributed by atoms with Crippen molar-refractivity contribution in [3.8, 4) is 0 Å². The number of nitrogens with zero attached hydrogens (tertiary/aromatic N) is 1. The van der Waals surface area contributed by atoms with Crippen LogP contribution in [0.4, 0.5) is 0 Å². The molecule has 1 N–H and O–H groups in total. The fourth-order valence-corrected chi connectivity index (χ4v) is 2.11. The molecule has 0 bridgehead atoms. The van der Waals surface area contributed by atoms with E-state index in [1.54, 1.807) is 0 Å². The van der Waals surface area contributed by atoms with E-state index in [-0.39, 0.29) is 24.8 Å². The maximum atomic E-state index is 3.95. The standard InChI is InChI=1S/C13H18N2.2ClH/c1-2-13(12-6-4-3-5-7-12)15-10-8-14-9-11-15;;/h2-7,13-14H,1,8-11H2;2*1H/t13-;;/m0../s1. The normalized spacial score (nSPS) is 17.4. The van der Waals surface area contributed by atoms with Crippen molar-refractivity contribution in [2.45, 2.75) is 6.04 Å². The van der Waals surface area contributed by atoms with Crippen molar-refractivity contribution in [2.24, 2.45) is 0 Å². The van der Waals surface area contributed by atoms with Gasteiger partial charge in [-0.05, 0) is 5.56 Å². The van der Waals surface area contributed by atoms with Gasteiger partial charge in [0.05, 0.1) is 6.04 Å². The molecule has 1 atom stereocenters. The van der Waals surface area contributed by atoms with E-state index in [1.807, 2.05) is 6.08 Å². The van der Waals surface area contributed by atoms with Gasteiger partial charge in [-0.3, -0.25) is 4.90 Å². The van der Waals surface area contributed by atoms with E-state index in [0.717, 1.165) is 26.2 Å². The highest BCUT2D eigenvalue weighted by molar-refractivity contribution is 5.85. The van der Waals surface area contributed by atoms with Crippen molar-refractivity contribution in [3.05, 3.63) is 48.6 Å². The second kappa shape index (κ2) is 8.54. The van der Waals surface area contributed by atoms with Crippen molar-refractivity contribution in [3.63, 3.8) is 0 Å². The van der Waals surface area contributed by atoms with Crippen molar-refractivity contribution in [1.82, 2.24) is 10.2 Å². The Kier molecular flexibility index (Phi) is 8.26. The summed E-state index contributed by atoms with van der Waals surface area (Å²) in [5.41, 5.74) is 1.34. The molecule has 2 nitrogen and oxygen atoms in total. The Morgan fingerprint density at radius 1 is 1.12 bits per heavy atom. The summed E-state index contributed by atoms with van der Waals surface area (Å²) in [7, 11) is 0. The highest BCUT2D eigenvalue weighted by Gasteiger charge is 2.18. The van der Waals surface area contributed by atoms with Crippen molar-refractivity contribution in [2.75, 3.05) is 26.2 Å². The molecule has 0 radical (unpaired) electrons. The summed E-state index contributed by atoms with van der Waals surface area (Å²) in [5.74, 6) is 0. The van der Waals surface area contributed by atoms with Gasteiger partial charge in [0.1, 0.15) is 0 Å². The van der Waals surface area contributed by atoms with Crippen LogP contribution in [0.2, 0.25) is 0 Å². The van der Waals surface area contributed by atoms with E-state index in [9.17, 15) is 0 Å². The molecular weight excluding hydrogens is 255 g/mol. The number of piperazine rings is 1. The number of nitrogens with one attached hydrogen (secondary N) is 1. The lowest BCUT2D eigenvalue weighted by atomic mass is 10.0. The predicted molar refractivity (Wildman–Crippen MR) is 78.3 cm³/mol. The second-order valence-corrected chi connectivity index (χ2v) is 3.88. The topological polar surface area (TPSA) is 15.3 Å². The number of benzene rings is 1. The third kappa shape index (κ3) is 4.32. The third-order valence-electron chi connectivity index (χ3n) is 2.91. The maximum Gasteiger partial charge on any atom is 0.0529 e. The summed E-state index contributed by atoms with van der Waals surface area (Å²) in [5, 5.41) is 3.37. The summed E-state index contributed by atoms with van der Waals surface area (Å²) in [6.45, 7) is 8.32. The molecule has 1 aromatic carbocycles. The minimum absolute atomic E-state index is 0. The van der Waals surface area contributed by atoms with Crippen LogP contribution >= 0.6 is 24.8 Å². The maximum absolute atomic E-state index is 3.95. The SMILES string of the molecule is C=C[C@@H](c1ccccc1)N1CCNCC1.Cl.Cl. The molecule has 0 unspecified atom stereocenters. The first-order valence-electron chi connectivity index (χ1n) is 5.54. The van der Waals surface area contributed by atoms with Gasteiger partial charge in [-0.15, -0.1) is 31.4 Å². The first-order chi connectivity index (χ1) is 7.42. The van der Waals surface area contributed by atoms with Crippen LogP contribution in [0.5, 0.6) is 0 Å². The van der Waals surface area contributed by atoms with E-state index in [4.69, 9.17) is 0 Å². The van der Waals surface area contributed by atoms with Crippen molar-refractivity contribution < 1.29 is 0 Å². The van der Waals surface area contributed by atoms with Crippen molar-refractivity contribution >= 4 is 24.8 Å². The summed E-state index contributed by atoms with van der Waals surface area (Å²) < 4.78 is 0. The lowest BCUT2D eigenvalue weighted by Gasteiger charge is -2.33. The molecule has 0 aromatic heterocycles.